The molecule has 1 saturated carbocycles. The van der Waals surface area contributed by atoms with Crippen molar-refractivity contribution < 1.29 is 58.8 Å². The summed E-state index contributed by atoms with van der Waals surface area (Å²) in [6.07, 6.45) is -1.45. The van der Waals surface area contributed by atoms with Crippen molar-refractivity contribution in [3.63, 3.8) is 0 Å². The average Bonchev–Trinajstić information content (AvgIpc) is 3.40. The first-order chi connectivity index (χ1) is 19.1. The van der Waals surface area contributed by atoms with Gasteiger partial charge in [-0.3, -0.25) is 4.79 Å². The summed E-state index contributed by atoms with van der Waals surface area (Å²) in [4.78, 5) is 12.2. The van der Waals surface area contributed by atoms with Crippen molar-refractivity contribution in [2.45, 2.75) is 62.0 Å². The maximum atomic E-state index is 12.3. The monoisotopic (exact) mass is 564 g/mol. The van der Waals surface area contributed by atoms with Crippen LogP contribution in [-0.4, -0.2) is 99.3 Å². The molecule has 2 heterocycles. The third-order valence-corrected chi connectivity index (χ3v) is 8.59. The molecule has 1 saturated heterocycles. The first kappa shape index (κ1) is 28.8. The summed E-state index contributed by atoms with van der Waals surface area (Å²) < 4.78 is 28.6. The van der Waals surface area contributed by atoms with E-state index in [0.29, 0.717) is 16.5 Å². The van der Waals surface area contributed by atoms with Gasteiger partial charge >= 0.3 is 5.97 Å². The number of esters is 1. The van der Waals surface area contributed by atoms with Gasteiger partial charge in [-0.05, 0) is 43.4 Å². The Kier molecular flexibility index (Phi) is 7.87. The van der Waals surface area contributed by atoms with E-state index in [-0.39, 0.29) is 37.4 Å². The van der Waals surface area contributed by atoms with Crippen LogP contribution in [0.4, 0.5) is 0 Å². The highest BCUT2D eigenvalue weighted by Crippen LogP contribution is 2.56. The van der Waals surface area contributed by atoms with Gasteiger partial charge in [0.05, 0.1) is 32.7 Å². The molecule has 3 aliphatic rings. The van der Waals surface area contributed by atoms with Crippen LogP contribution in [0.3, 0.4) is 0 Å². The van der Waals surface area contributed by atoms with E-state index >= 15 is 0 Å². The number of furan rings is 1. The third-order valence-electron chi connectivity index (χ3n) is 8.59. The van der Waals surface area contributed by atoms with E-state index in [4.69, 9.17) is 23.4 Å². The minimum Gasteiger partial charge on any atom is -0.490 e. The molecule has 0 spiro atoms. The van der Waals surface area contributed by atoms with Crippen LogP contribution in [-0.2, 0) is 20.7 Å². The number of ether oxygens (including phenoxy) is 4. The van der Waals surface area contributed by atoms with Gasteiger partial charge in [0.15, 0.2) is 16.9 Å². The van der Waals surface area contributed by atoms with E-state index < -0.39 is 72.7 Å². The zero-order valence-electron chi connectivity index (χ0n) is 22.3. The van der Waals surface area contributed by atoms with Gasteiger partial charge in [0.2, 0.25) is 12.0 Å². The first-order valence-corrected chi connectivity index (χ1v) is 13.4. The molecule has 5 rings (SSSR count). The molecule has 220 valence electrons. The third kappa shape index (κ3) is 4.38. The second-order valence-corrected chi connectivity index (χ2v) is 10.7. The van der Waals surface area contributed by atoms with E-state index in [9.17, 15) is 35.4 Å². The summed E-state index contributed by atoms with van der Waals surface area (Å²) in [5, 5.41) is 66.9. The number of rotatable bonds is 9. The molecule has 0 amide bonds. The highest BCUT2D eigenvalue weighted by Gasteiger charge is 2.72. The van der Waals surface area contributed by atoms with Gasteiger partial charge in [-0.25, -0.2) is 0 Å². The van der Waals surface area contributed by atoms with Gasteiger partial charge < -0.3 is 54.0 Å². The van der Waals surface area contributed by atoms with Crippen LogP contribution in [0.2, 0.25) is 0 Å². The van der Waals surface area contributed by atoms with E-state index in [1.807, 2.05) is 0 Å². The van der Waals surface area contributed by atoms with Crippen LogP contribution < -0.4 is 9.47 Å². The number of aryl methyl sites for hydroxylation is 1. The normalized spacial score (nSPS) is 36.8. The number of fused-ring (bicyclic) bond motifs is 5. The first-order valence-electron chi connectivity index (χ1n) is 13.4. The van der Waals surface area contributed by atoms with Gasteiger partial charge in [0.1, 0.15) is 17.8 Å². The smallest absolute Gasteiger partial charge is 0.306 e. The Bertz CT molecular complexity index is 1260. The van der Waals surface area contributed by atoms with Crippen molar-refractivity contribution in [3.8, 4) is 11.5 Å². The molecule has 2 aromatic rings. The van der Waals surface area contributed by atoms with Crippen molar-refractivity contribution in [1.82, 2.24) is 0 Å². The van der Waals surface area contributed by atoms with Crippen LogP contribution in [0.1, 0.15) is 25.3 Å². The Balaban J connectivity index is 1.62. The zero-order valence-corrected chi connectivity index (χ0v) is 22.3. The summed E-state index contributed by atoms with van der Waals surface area (Å²) in [7, 11) is 1.39. The van der Waals surface area contributed by atoms with Crippen molar-refractivity contribution in [1.29, 1.82) is 0 Å². The van der Waals surface area contributed by atoms with Gasteiger partial charge in [-0.1, -0.05) is 12.2 Å². The fourth-order valence-electron chi connectivity index (χ4n) is 6.71. The van der Waals surface area contributed by atoms with Crippen molar-refractivity contribution in [3.05, 3.63) is 36.1 Å². The average molecular weight is 565 g/mol. The number of carbonyl (C=O) groups is 1. The topological polar surface area (TPSA) is 189 Å². The predicted molar refractivity (Wildman–Crippen MR) is 137 cm³/mol. The predicted octanol–water partition coefficient (Wildman–Crippen LogP) is 0.0315. The van der Waals surface area contributed by atoms with Crippen molar-refractivity contribution in [2.24, 2.45) is 17.8 Å². The van der Waals surface area contributed by atoms with Crippen LogP contribution in [0.25, 0.3) is 11.0 Å². The van der Waals surface area contributed by atoms with Gasteiger partial charge in [-0.15, -0.1) is 0 Å². The second-order valence-electron chi connectivity index (χ2n) is 10.7. The van der Waals surface area contributed by atoms with E-state index in [2.05, 4.69) is 0 Å². The minimum atomic E-state index is -2.36. The number of aliphatic hydroxyl groups is 6. The number of methoxy groups -OCH3 is 1. The Morgan fingerprint density at radius 3 is 2.60 bits per heavy atom. The van der Waals surface area contributed by atoms with Crippen LogP contribution in [0, 0.1) is 17.8 Å². The number of hydrogen-bond acceptors (Lipinski definition) is 12. The summed E-state index contributed by atoms with van der Waals surface area (Å²) in [6, 6.07) is 3.44. The molecule has 6 N–H and O–H groups in total. The summed E-state index contributed by atoms with van der Waals surface area (Å²) in [6.45, 7) is 0.698. The minimum absolute atomic E-state index is 0.00240. The number of allylic oxidation sites excluding steroid dienone is 1. The lowest BCUT2D eigenvalue weighted by Crippen LogP contribution is -2.81. The van der Waals surface area contributed by atoms with Crippen LogP contribution >= 0.6 is 0 Å². The van der Waals surface area contributed by atoms with Crippen LogP contribution in [0.15, 0.2) is 35.0 Å². The van der Waals surface area contributed by atoms with Gasteiger partial charge in [0, 0.05) is 30.2 Å². The zero-order chi connectivity index (χ0) is 28.8. The molecule has 1 aromatic carbocycles. The number of carbonyl (C=O) groups excluding carboxylic acids is 1. The largest absolute Gasteiger partial charge is 0.490 e. The lowest BCUT2D eigenvalue weighted by atomic mass is 9.53. The van der Waals surface area contributed by atoms with E-state index in [1.165, 1.54) is 19.4 Å². The standard InChI is InChI=1S/C28H36O12/c1-3-37-20(32)7-5-14-10-15-8-9-38-22(15)24(36-2)23(14)40-26-28(35)21-16(4-6-18(31)17(21)12-29)11-27(34,25(28)33)19(13-30)39-26/h4,6,8-10,16-19,21,25-26,29-31,33-35H,3,5,7,11-13H2,1-2H3. The Morgan fingerprint density at radius 1 is 1.15 bits per heavy atom. The molecule has 9 unspecified atom stereocenters. The molecule has 2 aliphatic carbocycles. The summed E-state index contributed by atoms with van der Waals surface area (Å²) in [5.41, 5.74) is -3.61. The van der Waals surface area contributed by atoms with Crippen molar-refractivity contribution in [2.75, 3.05) is 26.9 Å². The van der Waals surface area contributed by atoms with Gasteiger partial charge in [0.25, 0.3) is 0 Å². The number of hydrogen-bond donors (Lipinski definition) is 6. The molecule has 2 bridgehead atoms. The fraction of sp³-hybridized carbons (Fsp3) is 0.607. The Labute approximate surface area is 230 Å². The summed E-state index contributed by atoms with van der Waals surface area (Å²) >= 11 is 0. The molecule has 12 nitrogen and oxygen atoms in total. The van der Waals surface area contributed by atoms with E-state index in [1.54, 1.807) is 25.1 Å². The summed E-state index contributed by atoms with van der Waals surface area (Å²) in [5.74, 6) is -2.76. The molecular formula is C28H36O12. The highest BCUT2D eigenvalue weighted by atomic mass is 16.7. The Hall–Kier alpha value is -2.71. The maximum absolute atomic E-state index is 12.3. The second kappa shape index (κ2) is 10.9. The number of benzene rings is 1. The van der Waals surface area contributed by atoms with E-state index in [0.717, 1.165) is 0 Å². The molecule has 1 aromatic heterocycles. The molecule has 2 fully saturated rings. The quantitative estimate of drug-likeness (QED) is 0.177. The lowest BCUT2D eigenvalue weighted by Gasteiger charge is -2.63. The molecule has 1 aliphatic heterocycles. The molecule has 9 atom stereocenters. The van der Waals surface area contributed by atoms with Gasteiger partial charge in [-0.2, -0.15) is 0 Å². The number of aliphatic hydroxyl groups excluding tert-OH is 4. The SMILES string of the molecule is CCOC(=O)CCc1cc2ccoc2c(OC)c1OC1OC(CO)C2(O)CC3C=CC(O)C(CO)C3C1(O)C2O. The highest BCUT2D eigenvalue weighted by molar-refractivity contribution is 5.87. The Morgan fingerprint density at radius 2 is 1.93 bits per heavy atom. The fourth-order valence-corrected chi connectivity index (χ4v) is 6.71. The molecular weight excluding hydrogens is 528 g/mol. The molecule has 0 radical (unpaired) electrons. The molecule has 40 heavy (non-hydrogen) atoms. The van der Waals surface area contributed by atoms with Crippen molar-refractivity contribution >= 4 is 16.9 Å². The van der Waals surface area contributed by atoms with Crippen LogP contribution in [0.5, 0.6) is 11.5 Å². The molecule has 12 heteroatoms. The lowest BCUT2D eigenvalue weighted by molar-refractivity contribution is -0.391. The maximum Gasteiger partial charge on any atom is 0.306 e.